The largest absolute Gasteiger partial charge is 0.338 e. The SMILES string of the molecule is Cc1ccc(SCc2noc([C@H](C)N)n2)cc1. The number of nitrogens with zero attached hydrogens (tertiary/aromatic N) is 2. The first-order chi connectivity index (χ1) is 8.15. The maximum Gasteiger partial charge on any atom is 0.243 e. The van der Waals surface area contributed by atoms with E-state index in [4.69, 9.17) is 10.3 Å². The van der Waals surface area contributed by atoms with Gasteiger partial charge in [0.25, 0.3) is 0 Å². The summed E-state index contributed by atoms with van der Waals surface area (Å²) in [5.41, 5.74) is 6.91. The van der Waals surface area contributed by atoms with Crippen molar-refractivity contribution in [2.45, 2.75) is 30.5 Å². The van der Waals surface area contributed by atoms with Crippen molar-refractivity contribution in [3.63, 3.8) is 0 Å². The normalized spacial score (nSPS) is 12.6. The van der Waals surface area contributed by atoms with E-state index in [9.17, 15) is 0 Å². The smallest absolute Gasteiger partial charge is 0.243 e. The van der Waals surface area contributed by atoms with Gasteiger partial charge in [0.1, 0.15) is 0 Å². The number of hydrogen-bond donors (Lipinski definition) is 1. The Hall–Kier alpha value is -1.33. The summed E-state index contributed by atoms with van der Waals surface area (Å²) in [5, 5.41) is 3.88. The van der Waals surface area contributed by atoms with Crippen LogP contribution in [0.15, 0.2) is 33.7 Å². The van der Waals surface area contributed by atoms with Crippen LogP contribution >= 0.6 is 11.8 Å². The zero-order valence-electron chi connectivity index (χ0n) is 9.88. The molecule has 0 unspecified atom stereocenters. The first-order valence-electron chi connectivity index (χ1n) is 5.42. The highest BCUT2D eigenvalue weighted by molar-refractivity contribution is 7.98. The predicted molar refractivity (Wildman–Crippen MR) is 67.6 cm³/mol. The van der Waals surface area contributed by atoms with Crippen LogP contribution in [-0.4, -0.2) is 10.1 Å². The van der Waals surface area contributed by atoms with Crippen molar-refractivity contribution in [2.24, 2.45) is 5.73 Å². The monoisotopic (exact) mass is 249 g/mol. The minimum absolute atomic E-state index is 0.208. The fourth-order valence-corrected chi connectivity index (χ4v) is 2.03. The number of aryl methyl sites for hydroxylation is 1. The minimum Gasteiger partial charge on any atom is -0.338 e. The van der Waals surface area contributed by atoms with Crippen LogP contribution in [0.5, 0.6) is 0 Å². The number of nitrogens with two attached hydrogens (primary N) is 1. The van der Waals surface area contributed by atoms with Gasteiger partial charge in [-0.1, -0.05) is 22.9 Å². The number of hydrogen-bond acceptors (Lipinski definition) is 5. The zero-order valence-corrected chi connectivity index (χ0v) is 10.7. The van der Waals surface area contributed by atoms with Gasteiger partial charge in [0.2, 0.25) is 5.89 Å². The van der Waals surface area contributed by atoms with Crippen LogP contribution in [0, 0.1) is 6.92 Å². The minimum atomic E-state index is -0.208. The number of benzene rings is 1. The average molecular weight is 249 g/mol. The number of thioether (sulfide) groups is 1. The molecule has 0 radical (unpaired) electrons. The van der Waals surface area contributed by atoms with Crippen molar-refractivity contribution in [1.82, 2.24) is 10.1 Å². The van der Waals surface area contributed by atoms with Gasteiger partial charge in [0, 0.05) is 4.90 Å². The van der Waals surface area contributed by atoms with Crippen molar-refractivity contribution in [2.75, 3.05) is 0 Å². The first kappa shape index (κ1) is 12.1. The van der Waals surface area contributed by atoms with E-state index in [-0.39, 0.29) is 6.04 Å². The van der Waals surface area contributed by atoms with E-state index in [2.05, 4.69) is 41.3 Å². The van der Waals surface area contributed by atoms with E-state index in [1.54, 1.807) is 11.8 Å². The standard InChI is InChI=1S/C12H15N3OS/c1-8-3-5-10(6-4-8)17-7-11-14-12(9(2)13)16-15-11/h3-6,9H,7,13H2,1-2H3/t9-/m0/s1. The van der Waals surface area contributed by atoms with E-state index >= 15 is 0 Å². The third-order valence-corrected chi connectivity index (χ3v) is 3.27. The highest BCUT2D eigenvalue weighted by Crippen LogP contribution is 2.22. The number of aromatic nitrogens is 2. The summed E-state index contributed by atoms with van der Waals surface area (Å²) in [6, 6.07) is 8.15. The van der Waals surface area contributed by atoms with Gasteiger partial charge in [-0.15, -0.1) is 11.8 Å². The van der Waals surface area contributed by atoms with Crippen molar-refractivity contribution in [1.29, 1.82) is 0 Å². The summed E-state index contributed by atoms with van der Waals surface area (Å²) in [4.78, 5) is 5.42. The summed E-state index contributed by atoms with van der Waals surface area (Å²) < 4.78 is 5.03. The Bertz CT molecular complexity index is 479. The molecule has 4 nitrogen and oxygen atoms in total. The molecule has 0 spiro atoms. The second kappa shape index (κ2) is 5.33. The molecule has 0 fully saturated rings. The third-order valence-electron chi connectivity index (χ3n) is 2.26. The maximum absolute atomic E-state index is 5.65. The lowest BCUT2D eigenvalue weighted by Crippen LogP contribution is -2.05. The van der Waals surface area contributed by atoms with Gasteiger partial charge in [-0.3, -0.25) is 0 Å². The molecule has 1 aromatic heterocycles. The Balaban J connectivity index is 1.95. The van der Waals surface area contributed by atoms with Crippen molar-refractivity contribution < 1.29 is 4.52 Å². The highest BCUT2D eigenvalue weighted by atomic mass is 32.2. The lowest BCUT2D eigenvalue weighted by molar-refractivity contribution is 0.358. The third kappa shape index (κ3) is 3.31. The molecular weight excluding hydrogens is 234 g/mol. The second-order valence-electron chi connectivity index (χ2n) is 3.94. The van der Waals surface area contributed by atoms with Gasteiger partial charge in [-0.05, 0) is 26.0 Å². The molecule has 0 saturated heterocycles. The molecule has 0 bridgehead atoms. The van der Waals surface area contributed by atoms with Crippen LogP contribution in [0.1, 0.15) is 30.2 Å². The van der Waals surface area contributed by atoms with Gasteiger partial charge >= 0.3 is 0 Å². The van der Waals surface area contributed by atoms with E-state index in [1.165, 1.54) is 10.5 Å². The topological polar surface area (TPSA) is 64.9 Å². The van der Waals surface area contributed by atoms with E-state index in [0.29, 0.717) is 17.5 Å². The Morgan fingerprint density at radius 3 is 2.65 bits per heavy atom. The fraction of sp³-hybridized carbons (Fsp3) is 0.333. The number of rotatable bonds is 4. The maximum atomic E-state index is 5.65. The van der Waals surface area contributed by atoms with Crippen molar-refractivity contribution in [3.05, 3.63) is 41.5 Å². The van der Waals surface area contributed by atoms with Crippen LogP contribution in [0.25, 0.3) is 0 Å². The summed E-state index contributed by atoms with van der Waals surface area (Å²) in [6.07, 6.45) is 0. The molecule has 1 heterocycles. The molecule has 0 saturated carbocycles. The molecule has 2 rings (SSSR count). The average Bonchev–Trinajstić information content (AvgIpc) is 2.77. The summed E-state index contributed by atoms with van der Waals surface area (Å²) in [6.45, 7) is 3.90. The predicted octanol–water partition coefficient (Wildman–Crippen LogP) is 2.69. The summed E-state index contributed by atoms with van der Waals surface area (Å²) in [7, 11) is 0. The molecule has 0 amide bonds. The van der Waals surface area contributed by atoms with E-state index in [0.717, 1.165) is 0 Å². The molecule has 0 aliphatic heterocycles. The van der Waals surface area contributed by atoms with E-state index < -0.39 is 0 Å². The Morgan fingerprint density at radius 1 is 1.35 bits per heavy atom. The molecule has 0 aliphatic carbocycles. The molecule has 5 heteroatoms. The molecule has 1 atom stereocenters. The molecule has 0 aliphatic rings. The molecule has 2 N–H and O–H groups in total. The van der Waals surface area contributed by atoms with Gasteiger partial charge in [-0.25, -0.2) is 0 Å². The van der Waals surface area contributed by atoms with Crippen LogP contribution in [0.4, 0.5) is 0 Å². The molecule has 17 heavy (non-hydrogen) atoms. The van der Waals surface area contributed by atoms with Crippen LogP contribution < -0.4 is 5.73 Å². The highest BCUT2D eigenvalue weighted by Gasteiger charge is 2.10. The Kier molecular flexibility index (Phi) is 3.81. The molecule has 1 aromatic carbocycles. The van der Waals surface area contributed by atoms with E-state index in [1.807, 2.05) is 6.92 Å². The summed E-state index contributed by atoms with van der Waals surface area (Å²) >= 11 is 1.68. The van der Waals surface area contributed by atoms with Gasteiger partial charge in [0.05, 0.1) is 11.8 Å². The Morgan fingerprint density at radius 2 is 2.06 bits per heavy atom. The van der Waals surface area contributed by atoms with Crippen LogP contribution in [0.3, 0.4) is 0 Å². The quantitative estimate of drug-likeness (QED) is 0.844. The first-order valence-corrected chi connectivity index (χ1v) is 6.41. The van der Waals surface area contributed by atoms with Crippen molar-refractivity contribution in [3.8, 4) is 0 Å². The van der Waals surface area contributed by atoms with Crippen LogP contribution in [-0.2, 0) is 5.75 Å². The zero-order chi connectivity index (χ0) is 12.3. The lowest BCUT2D eigenvalue weighted by atomic mass is 10.2. The van der Waals surface area contributed by atoms with Gasteiger partial charge < -0.3 is 10.3 Å². The van der Waals surface area contributed by atoms with Gasteiger partial charge in [0.15, 0.2) is 5.82 Å². The van der Waals surface area contributed by atoms with Crippen LogP contribution in [0.2, 0.25) is 0 Å². The van der Waals surface area contributed by atoms with Crippen molar-refractivity contribution >= 4 is 11.8 Å². The molecule has 2 aromatic rings. The fourth-order valence-electron chi connectivity index (χ4n) is 1.29. The van der Waals surface area contributed by atoms with Gasteiger partial charge in [-0.2, -0.15) is 4.98 Å². The Labute approximate surface area is 105 Å². The molecule has 90 valence electrons. The molecular formula is C12H15N3OS. The second-order valence-corrected chi connectivity index (χ2v) is 4.99. The summed E-state index contributed by atoms with van der Waals surface area (Å²) in [5.74, 6) is 1.87. The lowest BCUT2D eigenvalue weighted by Gasteiger charge is -1.98.